The van der Waals surface area contributed by atoms with Crippen LogP contribution in [-0.2, 0) is 4.79 Å². The number of carbonyl (C=O) groups is 1. The number of methoxy groups -OCH3 is 1. The molecule has 1 amide bonds. The minimum absolute atomic E-state index is 0.127. The van der Waals surface area contributed by atoms with E-state index in [-0.39, 0.29) is 11.7 Å². The summed E-state index contributed by atoms with van der Waals surface area (Å²) < 4.78 is 10.7. The number of carbonyl (C=O) groups excluding carboxylic acids is 1. The topological polar surface area (TPSA) is 77.2 Å². The van der Waals surface area contributed by atoms with Gasteiger partial charge in [0.2, 0.25) is 5.91 Å². The highest BCUT2D eigenvalue weighted by Gasteiger charge is 2.13. The molecular formula is C15H12ClN3O3S2. The molecule has 1 N–H and O–H groups in total. The molecule has 0 radical (unpaired) electrons. The van der Waals surface area contributed by atoms with Crippen LogP contribution in [0.1, 0.15) is 0 Å². The zero-order valence-electron chi connectivity index (χ0n) is 12.5. The van der Waals surface area contributed by atoms with E-state index in [0.717, 1.165) is 16.6 Å². The second-order valence-corrected chi connectivity index (χ2v) is 6.84. The van der Waals surface area contributed by atoms with Gasteiger partial charge in [0.1, 0.15) is 5.75 Å². The normalized spacial score (nSPS) is 10.6. The van der Waals surface area contributed by atoms with Crippen LogP contribution in [0.25, 0.3) is 10.8 Å². The molecule has 0 aliphatic heterocycles. The van der Waals surface area contributed by atoms with Crippen molar-refractivity contribution in [3.8, 4) is 16.5 Å². The molecule has 6 nitrogen and oxygen atoms in total. The number of hydrogen-bond donors (Lipinski definition) is 1. The summed E-state index contributed by atoms with van der Waals surface area (Å²) in [7, 11) is 1.53. The van der Waals surface area contributed by atoms with Gasteiger partial charge in [-0.25, -0.2) is 0 Å². The number of nitrogens with one attached hydrogen (secondary N) is 1. The second-order valence-electron chi connectivity index (χ2n) is 4.53. The average Bonchev–Trinajstić information content (AvgIpc) is 3.24. The lowest BCUT2D eigenvalue weighted by Gasteiger charge is -2.09. The zero-order valence-corrected chi connectivity index (χ0v) is 14.9. The van der Waals surface area contributed by atoms with Gasteiger partial charge in [-0.05, 0) is 29.6 Å². The number of nitrogens with zero attached hydrogens (tertiary/aromatic N) is 2. The highest BCUT2D eigenvalue weighted by molar-refractivity contribution is 7.99. The monoisotopic (exact) mass is 381 g/mol. The largest absolute Gasteiger partial charge is 0.495 e. The number of ether oxygens (including phenoxy) is 1. The average molecular weight is 382 g/mol. The minimum atomic E-state index is -0.226. The van der Waals surface area contributed by atoms with E-state index in [9.17, 15) is 4.79 Å². The zero-order chi connectivity index (χ0) is 16.9. The van der Waals surface area contributed by atoms with E-state index in [4.69, 9.17) is 20.8 Å². The first kappa shape index (κ1) is 16.8. The Morgan fingerprint density at radius 1 is 1.42 bits per heavy atom. The second kappa shape index (κ2) is 7.69. The van der Waals surface area contributed by atoms with Crippen molar-refractivity contribution >= 4 is 46.3 Å². The SMILES string of the molecule is COc1ccc(Cl)cc1NC(=O)CSc1nnc(-c2cccs2)o1. The summed E-state index contributed by atoms with van der Waals surface area (Å²) in [6, 6.07) is 8.81. The maximum absolute atomic E-state index is 12.1. The fraction of sp³-hybridized carbons (Fsp3) is 0.133. The molecule has 2 aromatic heterocycles. The van der Waals surface area contributed by atoms with E-state index in [1.54, 1.807) is 18.2 Å². The Bertz CT molecular complexity index is 836. The predicted molar refractivity (Wildman–Crippen MR) is 95.0 cm³/mol. The van der Waals surface area contributed by atoms with Crippen LogP contribution in [0.2, 0.25) is 5.02 Å². The fourth-order valence-corrected chi connectivity index (χ4v) is 3.24. The third-order valence-corrected chi connectivity index (χ3v) is 4.81. The van der Waals surface area contributed by atoms with Crippen LogP contribution in [0.5, 0.6) is 5.75 Å². The van der Waals surface area contributed by atoms with Crippen LogP contribution in [0.4, 0.5) is 5.69 Å². The van der Waals surface area contributed by atoms with Crippen molar-refractivity contribution < 1.29 is 13.9 Å². The molecule has 0 spiro atoms. The number of hydrogen-bond acceptors (Lipinski definition) is 7. The lowest BCUT2D eigenvalue weighted by atomic mass is 10.3. The lowest BCUT2D eigenvalue weighted by Crippen LogP contribution is -2.14. The van der Waals surface area contributed by atoms with Gasteiger partial charge in [0.15, 0.2) is 0 Å². The summed E-state index contributed by atoms with van der Waals surface area (Å²) in [5, 5.41) is 13.4. The van der Waals surface area contributed by atoms with Crippen LogP contribution in [0, 0.1) is 0 Å². The Morgan fingerprint density at radius 2 is 2.29 bits per heavy atom. The van der Waals surface area contributed by atoms with Gasteiger partial charge in [0.05, 0.1) is 23.4 Å². The Hall–Kier alpha value is -2.03. The highest BCUT2D eigenvalue weighted by atomic mass is 35.5. The van der Waals surface area contributed by atoms with Gasteiger partial charge in [-0.15, -0.1) is 21.5 Å². The van der Waals surface area contributed by atoms with Crippen molar-refractivity contribution in [2.75, 3.05) is 18.2 Å². The van der Waals surface area contributed by atoms with Crippen LogP contribution in [0.15, 0.2) is 45.4 Å². The minimum Gasteiger partial charge on any atom is -0.495 e. The van der Waals surface area contributed by atoms with Gasteiger partial charge in [-0.1, -0.05) is 29.4 Å². The van der Waals surface area contributed by atoms with Crippen molar-refractivity contribution in [2.45, 2.75) is 5.22 Å². The van der Waals surface area contributed by atoms with Gasteiger partial charge in [-0.2, -0.15) is 0 Å². The molecule has 0 saturated carbocycles. The Kier molecular flexibility index (Phi) is 5.39. The number of rotatable bonds is 6. The van der Waals surface area contributed by atoms with Gasteiger partial charge in [0.25, 0.3) is 11.1 Å². The number of anilines is 1. The van der Waals surface area contributed by atoms with Gasteiger partial charge < -0.3 is 14.5 Å². The summed E-state index contributed by atoms with van der Waals surface area (Å²) in [6.45, 7) is 0. The summed E-state index contributed by atoms with van der Waals surface area (Å²) in [6.07, 6.45) is 0. The van der Waals surface area contributed by atoms with Crippen molar-refractivity contribution in [1.82, 2.24) is 10.2 Å². The first-order valence-corrected chi connectivity index (χ1v) is 9.03. The van der Waals surface area contributed by atoms with Crippen molar-refractivity contribution in [1.29, 1.82) is 0 Å². The number of aromatic nitrogens is 2. The highest BCUT2D eigenvalue weighted by Crippen LogP contribution is 2.29. The number of thioether (sulfide) groups is 1. The molecule has 2 heterocycles. The molecule has 3 rings (SSSR count). The molecule has 1 aromatic carbocycles. The van der Waals surface area contributed by atoms with Crippen LogP contribution < -0.4 is 10.1 Å². The van der Waals surface area contributed by atoms with Crippen LogP contribution in [0.3, 0.4) is 0 Å². The molecule has 0 bridgehead atoms. The van der Waals surface area contributed by atoms with Crippen molar-refractivity contribution in [2.24, 2.45) is 0 Å². The van der Waals surface area contributed by atoms with E-state index in [2.05, 4.69) is 15.5 Å². The Morgan fingerprint density at radius 3 is 3.04 bits per heavy atom. The summed E-state index contributed by atoms with van der Waals surface area (Å²) in [4.78, 5) is 13.0. The third kappa shape index (κ3) is 4.08. The molecule has 24 heavy (non-hydrogen) atoms. The molecule has 0 saturated heterocycles. The first-order chi connectivity index (χ1) is 11.7. The number of benzene rings is 1. The quantitative estimate of drug-likeness (QED) is 0.645. The van der Waals surface area contributed by atoms with E-state index < -0.39 is 0 Å². The Labute approximate surface area is 151 Å². The summed E-state index contributed by atoms with van der Waals surface area (Å²) >= 11 is 8.61. The van der Waals surface area contributed by atoms with Crippen molar-refractivity contribution in [3.63, 3.8) is 0 Å². The number of thiophene rings is 1. The fourth-order valence-electron chi connectivity index (χ4n) is 1.86. The number of amides is 1. The standard InChI is InChI=1S/C15H12ClN3O3S2/c1-21-11-5-4-9(16)7-10(11)17-13(20)8-24-15-19-18-14(22-15)12-3-2-6-23-12/h2-7H,8H2,1H3,(H,17,20). The summed E-state index contributed by atoms with van der Waals surface area (Å²) in [5.74, 6) is 0.887. The van der Waals surface area contributed by atoms with E-state index >= 15 is 0 Å². The maximum Gasteiger partial charge on any atom is 0.277 e. The molecule has 0 atom stereocenters. The molecule has 0 aliphatic carbocycles. The van der Waals surface area contributed by atoms with Gasteiger partial charge in [-0.3, -0.25) is 4.79 Å². The molecular weight excluding hydrogens is 370 g/mol. The molecule has 0 fully saturated rings. The molecule has 124 valence electrons. The van der Waals surface area contributed by atoms with Crippen LogP contribution >= 0.6 is 34.7 Å². The maximum atomic E-state index is 12.1. The van der Waals surface area contributed by atoms with E-state index in [1.165, 1.54) is 18.4 Å². The smallest absolute Gasteiger partial charge is 0.277 e. The lowest BCUT2D eigenvalue weighted by molar-refractivity contribution is -0.113. The molecule has 0 aliphatic rings. The molecule has 3 aromatic rings. The van der Waals surface area contributed by atoms with Crippen LogP contribution in [-0.4, -0.2) is 29.0 Å². The van der Waals surface area contributed by atoms with Crippen molar-refractivity contribution in [3.05, 3.63) is 40.7 Å². The van der Waals surface area contributed by atoms with E-state index in [0.29, 0.717) is 27.6 Å². The van der Waals surface area contributed by atoms with Gasteiger partial charge >= 0.3 is 0 Å². The predicted octanol–water partition coefficient (Wildman–Crippen LogP) is 4.19. The molecule has 0 unspecified atom stereocenters. The number of halogens is 1. The summed E-state index contributed by atoms with van der Waals surface area (Å²) in [5.41, 5.74) is 0.514. The van der Waals surface area contributed by atoms with Gasteiger partial charge in [0, 0.05) is 5.02 Å². The Balaban J connectivity index is 1.59. The third-order valence-electron chi connectivity index (χ3n) is 2.90. The molecule has 9 heteroatoms. The van der Waals surface area contributed by atoms with E-state index in [1.807, 2.05) is 17.5 Å². The first-order valence-electron chi connectivity index (χ1n) is 6.79.